The number of nitrogens with one attached hydrogen (secondary N) is 2. The quantitative estimate of drug-likeness (QED) is 0.830. The second-order valence-electron chi connectivity index (χ2n) is 4.59. The van der Waals surface area contributed by atoms with Gasteiger partial charge in [-0.2, -0.15) is 0 Å². The topological polar surface area (TPSA) is 33.3 Å². The molecule has 0 saturated heterocycles. The molecule has 94 valence electrons. The van der Waals surface area contributed by atoms with Gasteiger partial charge in [0.05, 0.1) is 24.2 Å². The van der Waals surface area contributed by atoms with Gasteiger partial charge in [-0.05, 0) is 30.9 Å². The van der Waals surface area contributed by atoms with E-state index in [4.69, 9.17) is 4.74 Å². The fourth-order valence-electron chi connectivity index (χ4n) is 2.54. The fraction of sp³-hybridized carbons (Fsp3) is 0.333. The van der Waals surface area contributed by atoms with Gasteiger partial charge in [-0.1, -0.05) is 25.1 Å². The average Bonchev–Trinajstić information content (AvgIpc) is 2.44. The number of ether oxygens (including phenoxy) is 1. The summed E-state index contributed by atoms with van der Waals surface area (Å²) in [5.74, 6) is 0.889. The Morgan fingerprint density at radius 2 is 1.72 bits per heavy atom. The molecule has 0 radical (unpaired) electrons. The molecule has 2 N–H and O–H groups in total. The number of benzene rings is 1. The van der Waals surface area contributed by atoms with Crippen molar-refractivity contribution >= 4 is 11.4 Å². The summed E-state index contributed by atoms with van der Waals surface area (Å²) in [7, 11) is 1.71. The highest BCUT2D eigenvalue weighted by atomic mass is 16.5. The number of hydrogen-bond acceptors (Lipinski definition) is 3. The van der Waals surface area contributed by atoms with E-state index in [1.165, 1.54) is 17.0 Å². The van der Waals surface area contributed by atoms with Crippen LogP contribution >= 0.6 is 0 Å². The third-order valence-corrected chi connectivity index (χ3v) is 3.53. The van der Waals surface area contributed by atoms with E-state index in [-0.39, 0.29) is 0 Å². The van der Waals surface area contributed by atoms with Crippen molar-refractivity contribution in [2.24, 2.45) is 0 Å². The van der Waals surface area contributed by atoms with Crippen molar-refractivity contribution in [3.8, 4) is 5.75 Å². The Hall–Kier alpha value is -1.90. The lowest BCUT2D eigenvalue weighted by molar-refractivity contribution is 0.416. The zero-order valence-corrected chi connectivity index (χ0v) is 10.8. The summed E-state index contributed by atoms with van der Waals surface area (Å²) in [6.07, 6.45) is 7.70. The smallest absolute Gasteiger partial charge is 0.144 e. The summed E-state index contributed by atoms with van der Waals surface area (Å²) in [5.41, 5.74) is 5.88. The van der Waals surface area contributed by atoms with Crippen molar-refractivity contribution in [3.05, 3.63) is 41.2 Å². The molecule has 0 bridgehead atoms. The number of rotatable bonds is 2. The van der Waals surface area contributed by atoms with E-state index in [9.17, 15) is 0 Å². The van der Waals surface area contributed by atoms with Crippen LogP contribution in [0.25, 0.3) is 0 Å². The molecule has 0 spiro atoms. The van der Waals surface area contributed by atoms with Gasteiger partial charge in [0.15, 0.2) is 0 Å². The van der Waals surface area contributed by atoms with Crippen molar-refractivity contribution in [2.45, 2.75) is 26.2 Å². The van der Waals surface area contributed by atoms with Gasteiger partial charge in [-0.15, -0.1) is 0 Å². The lowest BCUT2D eigenvalue weighted by Crippen LogP contribution is -2.20. The molecular formula is C15H18N2O. The minimum absolute atomic E-state index is 0.889. The van der Waals surface area contributed by atoms with Gasteiger partial charge in [-0.3, -0.25) is 0 Å². The first-order valence-corrected chi connectivity index (χ1v) is 6.48. The van der Waals surface area contributed by atoms with E-state index < -0.39 is 0 Å². The largest absolute Gasteiger partial charge is 0.494 e. The van der Waals surface area contributed by atoms with Gasteiger partial charge in [-0.25, -0.2) is 0 Å². The Morgan fingerprint density at radius 1 is 1.06 bits per heavy atom. The summed E-state index contributed by atoms with van der Waals surface area (Å²) < 4.78 is 5.44. The van der Waals surface area contributed by atoms with Crippen LogP contribution in [0.1, 0.15) is 25.3 Å². The molecule has 1 heterocycles. The highest BCUT2D eigenvalue weighted by Gasteiger charge is 2.22. The number of aryl methyl sites for hydroxylation is 1. The van der Waals surface area contributed by atoms with E-state index in [0.29, 0.717) is 0 Å². The van der Waals surface area contributed by atoms with E-state index in [0.717, 1.165) is 36.4 Å². The first-order valence-electron chi connectivity index (χ1n) is 6.48. The molecule has 0 amide bonds. The summed E-state index contributed by atoms with van der Waals surface area (Å²) in [6, 6.07) is 4.16. The van der Waals surface area contributed by atoms with Gasteiger partial charge in [0.25, 0.3) is 0 Å². The summed E-state index contributed by atoms with van der Waals surface area (Å²) in [5, 5.41) is 7.04. The molecule has 0 saturated carbocycles. The maximum absolute atomic E-state index is 5.44. The molecule has 1 aromatic rings. The minimum atomic E-state index is 0.889. The molecule has 0 aromatic heterocycles. The molecule has 18 heavy (non-hydrogen) atoms. The lowest BCUT2D eigenvalue weighted by atomic mass is 10.0. The van der Waals surface area contributed by atoms with E-state index in [1.54, 1.807) is 7.11 Å². The Morgan fingerprint density at radius 3 is 2.33 bits per heavy atom. The number of allylic oxidation sites excluding steroid dienone is 2. The van der Waals surface area contributed by atoms with Crippen LogP contribution in [0.15, 0.2) is 35.7 Å². The van der Waals surface area contributed by atoms with Crippen LogP contribution in [-0.2, 0) is 6.42 Å². The van der Waals surface area contributed by atoms with Crippen molar-refractivity contribution in [2.75, 3.05) is 17.7 Å². The normalized spacial score (nSPS) is 16.6. The minimum Gasteiger partial charge on any atom is -0.494 e. The van der Waals surface area contributed by atoms with Gasteiger partial charge >= 0.3 is 0 Å². The zero-order chi connectivity index (χ0) is 12.5. The van der Waals surface area contributed by atoms with Gasteiger partial charge < -0.3 is 15.4 Å². The predicted octanol–water partition coefficient (Wildman–Crippen LogP) is 3.66. The van der Waals surface area contributed by atoms with Crippen LogP contribution in [0.3, 0.4) is 0 Å². The average molecular weight is 242 g/mol. The first kappa shape index (κ1) is 11.2. The molecule has 1 aliphatic carbocycles. The number of anilines is 2. The second-order valence-corrected chi connectivity index (χ2v) is 4.59. The molecule has 0 unspecified atom stereocenters. The molecule has 1 aromatic carbocycles. The molecule has 3 nitrogen and oxygen atoms in total. The van der Waals surface area contributed by atoms with E-state index in [2.05, 4.69) is 35.8 Å². The molecule has 3 rings (SSSR count). The van der Waals surface area contributed by atoms with Gasteiger partial charge in [0.2, 0.25) is 0 Å². The summed E-state index contributed by atoms with van der Waals surface area (Å²) >= 11 is 0. The zero-order valence-electron chi connectivity index (χ0n) is 10.8. The standard InChI is InChI=1S/C15H18N2O/c1-3-10-8-9-13(18-2)15-14(10)16-11-6-4-5-7-12(11)17-15/h6-9,16-17H,3-5H2,1-2H3. The van der Waals surface area contributed by atoms with Crippen LogP contribution < -0.4 is 15.4 Å². The fourth-order valence-corrected chi connectivity index (χ4v) is 2.54. The van der Waals surface area contributed by atoms with Gasteiger partial charge in [0, 0.05) is 0 Å². The molecule has 2 aliphatic rings. The Kier molecular flexibility index (Phi) is 2.74. The van der Waals surface area contributed by atoms with Crippen LogP contribution in [0.2, 0.25) is 0 Å². The van der Waals surface area contributed by atoms with Gasteiger partial charge in [0.1, 0.15) is 11.4 Å². The van der Waals surface area contributed by atoms with Crippen LogP contribution in [0.4, 0.5) is 11.4 Å². The number of fused-ring (bicyclic) bond motifs is 2. The van der Waals surface area contributed by atoms with Crippen LogP contribution in [-0.4, -0.2) is 7.11 Å². The first-order chi connectivity index (χ1) is 8.83. The molecule has 0 fully saturated rings. The monoisotopic (exact) mass is 242 g/mol. The SMILES string of the molecule is CCc1ccc(OC)c2c1NC1=CCCC=C1N2. The Bertz CT molecular complexity index is 495. The van der Waals surface area contributed by atoms with Crippen molar-refractivity contribution in [3.63, 3.8) is 0 Å². The second kappa shape index (κ2) is 4.41. The van der Waals surface area contributed by atoms with E-state index >= 15 is 0 Å². The highest BCUT2D eigenvalue weighted by Crippen LogP contribution is 2.42. The van der Waals surface area contributed by atoms with Crippen LogP contribution in [0.5, 0.6) is 5.75 Å². The molecule has 0 atom stereocenters. The third kappa shape index (κ3) is 1.67. The molecular weight excluding hydrogens is 224 g/mol. The summed E-state index contributed by atoms with van der Waals surface area (Å²) in [6.45, 7) is 2.17. The lowest BCUT2D eigenvalue weighted by Gasteiger charge is -2.30. The van der Waals surface area contributed by atoms with Crippen molar-refractivity contribution < 1.29 is 4.74 Å². The number of hydrogen-bond donors (Lipinski definition) is 2. The Balaban J connectivity index is 2.13. The number of methoxy groups -OCH3 is 1. The molecule has 3 heteroatoms. The molecule has 1 aliphatic heterocycles. The third-order valence-electron chi connectivity index (χ3n) is 3.53. The summed E-state index contributed by atoms with van der Waals surface area (Å²) in [4.78, 5) is 0. The predicted molar refractivity (Wildman–Crippen MR) is 75.0 cm³/mol. The maximum atomic E-state index is 5.44. The highest BCUT2D eigenvalue weighted by molar-refractivity contribution is 5.86. The maximum Gasteiger partial charge on any atom is 0.144 e. The van der Waals surface area contributed by atoms with Crippen LogP contribution in [0, 0.1) is 0 Å². The van der Waals surface area contributed by atoms with E-state index in [1.807, 2.05) is 6.07 Å². The van der Waals surface area contributed by atoms with Crippen molar-refractivity contribution in [1.29, 1.82) is 0 Å². The Labute approximate surface area is 108 Å². The van der Waals surface area contributed by atoms with Crippen molar-refractivity contribution in [1.82, 2.24) is 0 Å².